The third kappa shape index (κ3) is 4.43. The number of urea groups is 1. The van der Waals surface area contributed by atoms with Gasteiger partial charge in [0.2, 0.25) is 0 Å². The van der Waals surface area contributed by atoms with Crippen LogP contribution in [0.25, 0.3) is 0 Å². The fourth-order valence-corrected chi connectivity index (χ4v) is 2.73. The van der Waals surface area contributed by atoms with E-state index in [0.29, 0.717) is 17.4 Å². The number of amides is 2. The molecule has 2 amide bonds. The van der Waals surface area contributed by atoms with Crippen molar-refractivity contribution in [3.05, 3.63) is 59.2 Å². The van der Waals surface area contributed by atoms with E-state index in [2.05, 4.69) is 15.6 Å². The van der Waals surface area contributed by atoms with E-state index in [0.717, 1.165) is 18.4 Å². The Hall–Kier alpha value is -2.11. The zero-order chi connectivity index (χ0) is 16.1. The maximum Gasteiger partial charge on any atom is 0.320 e. The second-order valence-corrected chi connectivity index (χ2v) is 5.89. The summed E-state index contributed by atoms with van der Waals surface area (Å²) in [5.74, 6) is 0.471. The standard InChI is InChI=1S/C17H18ClN3O2/c18-13-6-7-16(19-11-13)21-17(22)20-14-8-9-23-15(10-14)12-4-2-1-3-5-12/h1-7,11,14-15H,8-10H2,(H2,19,20,21,22)/t14-,15-/m0/s1. The average Bonchev–Trinajstić information content (AvgIpc) is 2.58. The van der Waals surface area contributed by atoms with E-state index in [4.69, 9.17) is 16.3 Å². The Morgan fingerprint density at radius 2 is 2.04 bits per heavy atom. The van der Waals surface area contributed by atoms with E-state index < -0.39 is 0 Å². The Morgan fingerprint density at radius 3 is 2.78 bits per heavy atom. The lowest BCUT2D eigenvalue weighted by molar-refractivity contribution is 0.00253. The molecule has 1 aromatic carbocycles. The van der Waals surface area contributed by atoms with Gasteiger partial charge < -0.3 is 10.1 Å². The number of hydrogen-bond acceptors (Lipinski definition) is 3. The van der Waals surface area contributed by atoms with E-state index in [1.807, 2.05) is 30.3 Å². The van der Waals surface area contributed by atoms with Gasteiger partial charge in [-0.15, -0.1) is 0 Å². The van der Waals surface area contributed by atoms with Crippen LogP contribution in [0.3, 0.4) is 0 Å². The smallest absolute Gasteiger partial charge is 0.320 e. The minimum atomic E-state index is -0.265. The Balaban J connectivity index is 1.55. The molecule has 1 saturated heterocycles. The molecule has 2 heterocycles. The average molecular weight is 332 g/mol. The Bertz CT molecular complexity index is 649. The number of benzene rings is 1. The number of aromatic nitrogens is 1. The maximum atomic E-state index is 12.1. The topological polar surface area (TPSA) is 63.2 Å². The number of pyridine rings is 1. The van der Waals surface area contributed by atoms with Gasteiger partial charge in [-0.3, -0.25) is 5.32 Å². The molecule has 2 aromatic rings. The SMILES string of the molecule is O=C(Nc1ccc(Cl)cn1)N[C@H]1CCO[C@H](c2ccccc2)C1. The minimum absolute atomic E-state index is 0.0175. The number of rotatable bonds is 3. The number of anilines is 1. The fourth-order valence-electron chi connectivity index (χ4n) is 2.62. The molecule has 23 heavy (non-hydrogen) atoms. The van der Waals surface area contributed by atoms with Crippen molar-refractivity contribution in [2.24, 2.45) is 0 Å². The van der Waals surface area contributed by atoms with Crippen LogP contribution in [0.1, 0.15) is 24.5 Å². The molecule has 0 saturated carbocycles. The summed E-state index contributed by atoms with van der Waals surface area (Å²) in [4.78, 5) is 16.1. The summed E-state index contributed by atoms with van der Waals surface area (Å²) < 4.78 is 5.81. The lowest BCUT2D eigenvalue weighted by Crippen LogP contribution is -2.42. The Labute approximate surface area is 140 Å². The van der Waals surface area contributed by atoms with E-state index in [9.17, 15) is 4.79 Å². The number of nitrogens with one attached hydrogen (secondary N) is 2. The highest BCUT2D eigenvalue weighted by atomic mass is 35.5. The summed E-state index contributed by atoms with van der Waals surface area (Å²) in [5.41, 5.74) is 1.14. The van der Waals surface area contributed by atoms with Crippen molar-refractivity contribution in [2.75, 3.05) is 11.9 Å². The molecule has 2 N–H and O–H groups in total. The van der Waals surface area contributed by atoms with Crippen LogP contribution in [0.5, 0.6) is 0 Å². The van der Waals surface area contributed by atoms with Crippen LogP contribution in [0.4, 0.5) is 10.6 Å². The van der Waals surface area contributed by atoms with Crippen molar-refractivity contribution in [3.8, 4) is 0 Å². The van der Waals surface area contributed by atoms with Gasteiger partial charge in [-0.2, -0.15) is 0 Å². The molecular formula is C17H18ClN3O2. The second kappa shape index (κ2) is 7.44. The highest BCUT2D eigenvalue weighted by Gasteiger charge is 2.25. The van der Waals surface area contributed by atoms with E-state index in [1.54, 1.807) is 12.1 Å². The van der Waals surface area contributed by atoms with Crippen molar-refractivity contribution >= 4 is 23.4 Å². The van der Waals surface area contributed by atoms with Gasteiger partial charge in [0, 0.05) is 18.8 Å². The van der Waals surface area contributed by atoms with Gasteiger partial charge in [0.15, 0.2) is 0 Å². The number of nitrogens with zero attached hydrogens (tertiary/aromatic N) is 1. The number of carbonyl (C=O) groups is 1. The summed E-state index contributed by atoms with van der Waals surface area (Å²) in [6.07, 6.45) is 3.07. The number of carbonyl (C=O) groups excluding carboxylic acids is 1. The second-order valence-electron chi connectivity index (χ2n) is 5.45. The maximum absolute atomic E-state index is 12.1. The van der Waals surface area contributed by atoms with Gasteiger partial charge >= 0.3 is 6.03 Å². The quantitative estimate of drug-likeness (QED) is 0.899. The molecule has 0 bridgehead atoms. The van der Waals surface area contributed by atoms with Crippen LogP contribution >= 0.6 is 11.6 Å². The normalized spacial score (nSPS) is 20.7. The van der Waals surface area contributed by atoms with Crippen molar-refractivity contribution in [1.82, 2.24) is 10.3 Å². The zero-order valence-corrected chi connectivity index (χ0v) is 13.3. The highest BCUT2D eigenvalue weighted by molar-refractivity contribution is 6.30. The van der Waals surface area contributed by atoms with Crippen molar-refractivity contribution in [2.45, 2.75) is 25.0 Å². The number of halogens is 1. The van der Waals surface area contributed by atoms with Crippen LogP contribution in [0.15, 0.2) is 48.7 Å². The molecule has 1 aliphatic heterocycles. The van der Waals surface area contributed by atoms with E-state index in [1.165, 1.54) is 6.20 Å². The predicted octanol–water partition coefficient (Wildman–Crippen LogP) is 3.78. The van der Waals surface area contributed by atoms with Crippen molar-refractivity contribution < 1.29 is 9.53 Å². The molecular weight excluding hydrogens is 314 g/mol. The fraction of sp³-hybridized carbons (Fsp3) is 0.294. The third-order valence-corrected chi connectivity index (χ3v) is 3.98. The summed E-state index contributed by atoms with van der Waals surface area (Å²) in [5, 5.41) is 6.22. The molecule has 0 unspecified atom stereocenters. The summed E-state index contributed by atoms with van der Waals surface area (Å²) in [7, 11) is 0. The summed E-state index contributed by atoms with van der Waals surface area (Å²) >= 11 is 5.77. The largest absolute Gasteiger partial charge is 0.373 e. The predicted molar refractivity (Wildman–Crippen MR) is 89.6 cm³/mol. The zero-order valence-electron chi connectivity index (χ0n) is 12.5. The molecule has 3 rings (SSSR count). The van der Waals surface area contributed by atoms with Gasteiger partial charge in [-0.05, 0) is 30.5 Å². The van der Waals surface area contributed by atoms with Gasteiger partial charge in [-0.25, -0.2) is 9.78 Å². The summed E-state index contributed by atoms with van der Waals surface area (Å²) in [6.45, 7) is 0.629. The Morgan fingerprint density at radius 1 is 1.22 bits per heavy atom. The first-order valence-corrected chi connectivity index (χ1v) is 7.94. The Kier molecular flexibility index (Phi) is 5.10. The van der Waals surface area contributed by atoms with Gasteiger partial charge in [0.05, 0.1) is 11.1 Å². The summed E-state index contributed by atoms with van der Waals surface area (Å²) in [6, 6.07) is 13.2. The number of hydrogen-bond donors (Lipinski definition) is 2. The van der Waals surface area contributed by atoms with E-state index in [-0.39, 0.29) is 18.2 Å². The molecule has 1 fully saturated rings. The van der Waals surface area contributed by atoms with Crippen LogP contribution in [-0.4, -0.2) is 23.7 Å². The molecule has 0 aliphatic carbocycles. The molecule has 120 valence electrons. The first-order valence-electron chi connectivity index (χ1n) is 7.56. The highest BCUT2D eigenvalue weighted by Crippen LogP contribution is 2.27. The first kappa shape index (κ1) is 15.8. The lowest BCUT2D eigenvalue weighted by Gasteiger charge is -2.30. The van der Waals surface area contributed by atoms with E-state index >= 15 is 0 Å². The van der Waals surface area contributed by atoms with Crippen LogP contribution in [0, 0.1) is 0 Å². The molecule has 0 spiro atoms. The van der Waals surface area contributed by atoms with Crippen LogP contribution < -0.4 is 10.6 Å². The molecule has 6 heteroatoms. The third-order valence-electron chi connectivity index (χ3n) is 3.76. The molecule has 2 atom stereocenters. The minimum Gasteiger partial charge on any atom is -0.373 e. The van der Waals surface area contributed by atoms with Gasteiger partial charge in [0.25, 0.3) is 0 Å². The first-order chi connectivity index (χ1) is 11.2. The van der Waals surface area contributed by atoms with Gasteiger partial charge in [0.1, 0.15) is 5.82 Å². The molecule has 1 aliphatic rings. The van der Waals surface area contributed by atoms with Crippen molar-refractivity contribution in [3.63, 3.8) is 0 Å². The number of ether oxygens (including phenoxy) is 1. The molecule has 0 radical (unpaired) electrons. The molecule has 1 aromatic heterocycles. The lowest BCUT2D eigenvalue weighted by atomic mass is 9.97. The van der Waals surface area contributed by atoms with Gasteiger partial charge in [-0.1, -0.05) is 41.9 Å². The van der Waals surface area contributed by atoms with Crippen LogP contribution in [0.2, 0.25) is 5.02 Å². The van der Waals surface area contributed by atoms with Crippen LogP contribution in [-0.2, 0) is 4.74 Å². The monoisotopic (exact) mass is 331 g/mol. The van der Waals surface area contributed by atoms with Crippen molar-refractivity contribution in [1.29, 1.82) is 0 Å². The molecule has 5 nitrogen and oxygen atoms in total.